The van der Waals surface area contributed by atoms with Crippen LogP contribution in [0.25, 0.3) is 0 Å². The van der Waals surface area contributed by atoms with Crippen molar-refractivity contribution in [2.75, 3.05) is 43.3 Å². The number of rotatable bonds is 8. The molecule has 1 aliphatic rings. The van der Waals surface area contributed by atoms with Gasteiger partial charge in [-0.1, -0.05) is 6.58 Å². The molecule has 1 aromatic heterocycles. The molecule has 1 aromatic carbocycles. The minimum Gasteiger partial charge on any atom is -0.493 e. The predicted octanol–water partition coefficient (Wildman–Crippen LogP) is 1.96. The number of piperidine rings is 1. The van der Waals surface area contributed by atoms with Gasteiger partial charge in [0.1, 0.15) is 12.0 Å². The lowest BCUT2D eigenvalue weighted by Crippen LogP contribution is -2.44. The van der Waals surface area contributed by atoms with Crippen LogP contribution < -0.4 is 25.4 Å². The van der Waals surface area contributed by atoms with E-state index in [1.807, 2.05) is 0 Å². The van der Waals surface area contributed by atoms with Crippen LogP contribution in [0.4, 0.5) is 23.0 Å². The van der Waals surface area contributed by atoms with Gasteiger partial charge in [-0.3, -0.25) is 14.5 Å². The number of likely N-dealkylation sites (tertiary alicyclic amines) is 1. The normalized spacial score (nSPS) is 15.7. The van der Waals surface area contributed by atoms with Gasteiger partial charge in [0.05, 0.1) is 19.9 Å². The zero-order chi connectivity index (χ0) is 22.4. The first kappa shape index (κ1) is 21.9. The van der Waals surface area contributed by atoms with Crippen molar-refractivity contribution in [3.8, 4) is 11.5 Å². The molecule has 0 radical (unpaired) electrons. The highest BCUT2D eigenvalue weighted by atomic mass is 16.5. The van der Waals surface area contributed by atoms with Gasteiger partial charge in [0, 0.05) is 25.2 Å². The van der Waals surface area contributed by atoms with Crippen LogP contribution in [0.3, 0.4) is 0 Å². The summed E-state index contributed by atoms with van der Waals surface area (Å²) in [6.07, 6.45) is 4.94. The van der Waals surface area contributed by atoms with Crippen LogP contribution in [0, 0.1) is 0 Å². The molecule has 3 N–H and O–H groups in total. The Balaban J connectivity index is 1.93. The average Bonchev–Trinajstić information content (AvgIpc) is 2.80. The number of nitrogens with one attached hydrogen (secondary N) is 1. The summed E-state index contributed by atoms with van der Waals surface area (Å²) in [7, 11) is 3.05. The molecular weight excluding hydrogens is 400 g/mol. The molecule has 2 heterocycles. The molecular formula is C21H26N6O4. The molecule has 1 saturated heterocycles. The summed E-state index contributed by atoms with van der Waals surface area (Å²) in [4.78, 5) is 35.5. The second-order valence-electron chi connectivity index (χ2n) is 6.94. The monoisotopic (exact) mass is 426 g/mol. The minimum atomic E-state index is -0.117. The molecule has 1 aliphatic heterocycles. The van der Waals surface area contributed by atoms with Gasteiger partial charge in [-0.25, -0.2) is 9.97 Å². The third kappa shape index (κ3) is 4.68. The lowest BCUT2D eigenvalue weighted by Gasteiger charge is -2.33. The van der Waals surface area contributed by atoms with E-state index in [2.05, 4.69) is 21.9 Å². The van der Waals surface area contributed by atoms with Crippen LogP contribution in [0.1, 0.15) is 12.8 Å². The van der Waals surface area contributed by atoms with Crippen molar-refractivity contribution in [2.24, 2.45) is 0 Å². The average molecular weight is 426 g/mol. The Morgan fingerprint density at radius 2 is 2.10 bits per heavy atom. The van der Waals surface area contributed by atoms with Gasteiger partial charge in [0.2, 0.25) is 12.3 Å². The van der Waals surface area contributed by atoms with Crippen molar-refractivity contribution in [1.82, 2.24) is 14.9 Å². The van der Waals surface area contributed by atoms with Crippen molar-refractivity contribution < 1.29 is 19.1 Å². The summed E-state index contributed by atoms with van der Waals surface area (Å²) >= 11 is 0. The van der Waals surface area contributed by atoms with Crippen LogP contribution >= 0.6 is 0 Å². The quantitative estimate of drug-likeness (QED) is 0.485. The number of anilines is 4. The summed E-state index contributed by atoms with van der Waals surface area (Å²) in [5.41, 5.74) is 6.96. The van der Waals surface area contributed by atoms with Crippen LogP contribution in [0.5, 0.6) is 11.5 Å². The number of methoxy groups -OCH3 is 2. The number of hydrogen-bond donors (Lipinski definition) is 2. The topological polar surface area (TPSA) is 123 Å². The number of ether oxygens (including phenoxy) is 2. The van der Waals surface area contributed by atoms with Crippen molar-refractivity contribution in [1.29, 1.82) is 0 Å². The molecule has 0 spiro atoms. The zero-order valence-electron chi connectivity index (χ0n) is 17.6. The Labute approximate surface area is 180 Å². The van der Waals surface area contributed by atoms with E-state index in [1.165, 1.54) is 31.5 Å². The number of aromatic nitrogens is 2. The third-order valence-corrected chi connectivity index (χ3v) is 5.09. The Morgan fingerprint density at radius 3 is 2.77 bits per heavy atom. The van der Waals surface area contributed by atoms with Crippen LogP contribution in [-0.2, 0) is 9.59 Å². The molecule has 2 amide bonds. The standard InChI is InChI=1S/C21H26N6O4/c1-4-18(29)26-9-5-6-14(11-26)25-21-19(20(22)23-12-24-21)27(13-28)15-7-8-16(30-2)17(10-15)31-3/h4,7-8,10,12-14H,1,5-6,9,11H2,2-3H3,(H3,22,23,24,25)/t14-/m1/s1. The number of carbonyl (C=O) groups is 2. The number of amides is 2. The van der Waals surface area contributed by atoms with Gasteiger partial charge in [0.25, 0.3) is 0 Å². The Hall–Kier alpha value is -3.82. The highest BCUT2D eigenvalue weighted by Crippen LogP contribution is 2.38. The molecule has 1 fully saturated rings. The van der Waals surface area contributed by atoms with E-state index in [4.69, 9.17) is 15.2 Å². The highest BCUT2D eigenvalue weighted by molar-refractivity contribution is 5.95. The van der Waals surface area contributed by atoms with Crippen LogP contribution in [0.15, 0.2) is 37.2 Å². The van der Waals surface area contributed by atoms with Gasteiger partial charge in [-0.05, 0) is 31.1 Å². The van der Waals surface area contributed by atoms with Crippen molar-refractivity contribution in [2.45, 2.75) is 18.9 Å². The number of nitrogens with two attached hydrogens (primary N) is 1. The first-order valence-electron chi connectivity index (χ1n) is 9.77. The molecule has 3 rings (SSSR count). The Bertz CT molecular complexity index is 967. The Kier molecular flexibility index (Phi) is 6.91. The smallest absolute Gasteiger partial charge is 0.246 e. The van der Waals surface area contributed by atoms with Crippen LogP contribution in [-0.4, -0.2) is 60.5 Å². The van der Waals surface area contributed by atoms with Crippen molar-refractivity contribution in [3.63, 3.8) is 0 Å². The molecule has 10 heteroatoms. The van der Waals surface area contributed by atoms with E-state index in [1.54, 1.807) is 23.1 Å². The molecule has 164 valence electrons. The SMILES string of the molecule is C=CC(=O)N1CCC[C@@H](Nc2ncnc(N)c2N(C=O)c2ccc(OC)c(OC)c2)C1. The summed E-state index contributed by atoms with van der Waals surface area (Å²) in [5.74, 6) is 1.40. The molecule has 10 nitrogen and oxygen atoms in total. The number of benzene rings is 1. The molecule has 0 unspecified atom stereocenters. The van der Waals surface area contributed by atoms with Gasteiger partial charge in [0.15, 0.2) is 23.1 Å². The van der Waals surface area contributed by atoms with Gasteiger partial charge >= 0.3 is 0 Å². The summed E-state index contributed by atoms with van der Waals surface area (Å²) in [6.45, 7) is 4.72. The largest absolute Gasteiger partial charge is 0.493 e. The lowest BCUT2D eigenvalue weighted by atomic mass is 10.1. The van der Waals surface area contributed by atoms with Crippen LogP contribution in [0.2, 0.25) is 0 Å². The fourth-order valence-electron chi connectivity index (χ4n) is 3.57. The molecule has 0 aliphatic carbocycles. The number of carbonyl (C=O) groups excluding carboxylic acids is 2. The van der Waals surface area contributed by atoms with E-state index >= 15 is 0 Å². The lowest BCUT2D eigenvalue weighted by molar-refractivity contribution is -0.127. The molecule has 0 bridgehead atoms. The van der Waals surface area contributed by atoms with Crippen molar-refractivity contribution in [3.05, 3.63) is 37.2 Å². The fraction of sp³-hybridized carbons (Fsp3) is 0.333. The number of hydrogen-bond acceptors (Lipinski definition) is 8. The molecule has 1 atom stereocenters. The maximum absolute atomic E-state index is 12.1. The van der Waals surface area contributed by atoms with E-state index < -0.39 is 0 Å². The highest BCUT2D eigenvalue weighted by Gasteiger charge is 2.26. The first-order valence-corrected chi connectivity index (χ1v) is 9.77. The maximum Gasteiger partial charge on any atom is 0.246 e. The summed E-state index contributed by atoms with van der Waals surface area (Å²) in [5, 5.41) is 3.32. The first-order chi connectivity index (χ1) is 15.0. The van der Waals surface area contributed by atoms with E-state index in [-0.39, 0.29) is 17.8 Å². The molecule has 31 heavy (non-hydrogen) atoms. The van der Waals surface area contributed by atoms with E-state index in [0.717, 1.165) is 12.8 Å². The summed E-state index contributed by atoms with van der Waals surface area (Å²) in [6, 6.07) is 4.99. The number of nitrogen functional groups attached to an aromatic ring is 1. The zero-order valence-corrected chi connectivity index (χ0v) is 17.6. The number of nitrogens with zero attached hydrogens (tertiary/aromatic N) is 4. The molecule has 2 aromatic rings. The van der Waals surface area contributed by atoms with Gasteiger partial charge < -0.3 is 25.4 Å². The second-order valence-corrected chi connectivity index (χ2v) is 6.94. The minimum absolute atomic E-state index is 0.0652. The van der Waals surface area contributed by atoms with Gasteiger partial charge in [-0.2, -0.15) is 0 Å². The van der Waals surface area contributed by atoms with E-state index in [0.29, 0.717) is 48.2 Å². The van der Waals surface area contributed by atoms with Gasteiger partial charge in [-0.15, -0.1) is 0 Å². The van der Waals surface area contributed by atoms with Crippen molar-refractivity contribution >= 4 is 35.3 Å². The van der Waals surface area contributed by atoms with E-state index in [9.17, 15) is 9.59 Å². The predicted molar refractivity (Wildman–Crippen MR) is 118 cm³/mol. The summed E-state index contributed by atoms with van der Waals surface area (Å²) < 4.78 is 10.6. The maximum atomic E-state index is 12.1. The second kappa shape index (κ2) is 9.79. The fourth-order valence-corrected chi connectivity index (χ4v) is 3.57. The molecule has 0 saturated carbocycles. The Morgan fingerprint density at radius 1 is 1.32 bits per heavy atom. The third-order valence-electron chi connectivity index (χ3n) is 5.09.